The van der Waals surface area contributed by atoms with Gasteiger partial charge >= 0.3 is 5.97 Å². The molecule has 0 bridgehead atoms. The van der Waals surface area contributed by atoms with E-state index in [-0.39, 0.29) is 40.9 Å². The molecule has 0 unspecified atom stereocenters. The maximum atomic E-state index is 13.2. The number of aromatic hydroxyl groups is 1. The first-order chi connectivity index (χ1) is 17.4. The number of aliphatic carboxylic acids is 1. The van der Waals surface area contributed by atoms with Crippen molar-refractivity contribution >= 4 is 11.9 Å². The van der Waals surface area contributed by atoms with Crippen LogP contribution in [0.25, 0.3) is 0 Å². The first kappa shape index (κ1) is 25.6. The molecule has 2 aromatic rings. The number of aromatic amines is 1. The van der Waals surface area contributed by atoms with Gasteiger partial charge in [-0.25, -0.2) is 0 Å². The molecule has 5 rings (SSSR count). The van der Waals surface area contributed by atoms with Crippen LogP contribution in [0.1, 0.15) is 87.6 Å². The highest BCUT2D eigenvalue weighted by atomic mass is 16.5. The Morgan fingerprint density at radius 3 is 2.62 bits per heavy atom. The summed E-state index contributed by atoms with van der Waals surface area (Å²) in [7, 11) is 0. The lowest BCUT2D eigenvalue weighted by Gasteiger charge is -2.55. The summed E-state index contributed by atoms with van der Waals surface area (Å²) in [4.78, 5) is 26.5. The van der Waals surface area contributed by atoms with E-state index in [0.29, 0.717) is 37.6 Å². The van der Waals surface area contributed by atoms with Crippen molar-refractivity contribution < 1.29 is 29.3 Å². The van der Waals surface area contributed by atoms with E-state index in [1.54, 1.807) is 12.1 Å². The molecule has 3 aliphatic heterocycles. The summed E-state index contributed by atoms with van der Waals surface area (Å²) in [5.74, 6) is -0.579. The first-order valence-electron chi connectivity index (χ1n) is 13.1. The number of carboxylic acids is 1. The molecular weight excluding hydrogens is 474 g/mol. The number of nitrogens with one attached hydrogen (secondary N) is 1. The molecule has 3 N–H and O–H groups in total. The summed E-state index contributed by atoms with van der Waals surface area (Å²) in [6.45, 7) is 9.95. The van der Waals surface area contributed by atoms with Gasteiger partial charge < -0.3 is 24.6 Å². The number of likely N-dealkylation sites (tertiary alicyclic amines) is 1. The number of amides is 1. The average molecular weight is 512 g/mol. The summed E-state index contributed by atoms with van der Waals surface area (Å²) in [5, 5.41) is 27.1. The first-order valence-corrected chi connectivity index (χ1v) is 13.1. The number of carboxylic acid groups (broad SMARTS) is 1. The van der Waals surface area contributed by atoms with Crippen molar-refractivity contribution in [3.05, 3.63) is 41.2 Å². The molecule has 1 spiro atoms. The van der Waals surface area contributed by atoms with Gasteiger partial charge in [0.05, 0.1) is 12.7 Å². The third kappa shape index (κ3) is 4.69. The number of ether oxygens (including phenoxy) is 2. The third-order valence-electron chi connectivity index (χ3n) is 8.59. The highest BCUT2D eigenvalue weighted by Crippen LogP contribution is 2.58. The molecule has 9 heteroatoms. The van der Waals surface area contributed by atoms with Crippen molar-refractivity contribution in [1.29, 1.82) is 0 Å². The summed E-state index contributed by atoms with van der Waals surface area (Å²) >= 11 is 0. The number of carbonyl (C=O) groups excluding carboxylic acids is 1. The van der Waals surface area contributed by atoms with Crippen LogP contribution in [0.5, 0.6) is 11.5 Å². The monoisotopic (exact) mass is 511 g/mol. The summed E-state index contributed by atoms with van der Waals surface area (Å²) in [5.41, 5.74) is 1.15. The molecular formula is C28H37N3O6. The number of phenolic OH excluding ortho intramolecular Hbond substituents is 1. The molecule has 1 aromatic carbocycles. The van der Waals surface area contributed by atoms with Crippen LogP contribution in [0.15, 0.2) is 24.3 Å². The number of hydrogen-bond acceptors (Lipinski definition) is 6. The fraction of sp³-hybridized carbons (Fsp3) is 0.607. The molecule has 37 heavy (non-hydrogen) atoms. The number of rotatable bonds is 4. The normalized spacial score (nSPS) is 26.8. The Labute approximate surface area is 217 Å². The zero-order valence-electron chi connectivity index (χ0n) is 22.0. The van der Waals surface area contributed by atoms with Crippen molar-refractivity contribution in [2.45, 2.75) is 76.9 Å². The fourth-order valence-corrected chi connectivity index (χ4v) is 6.15. The minimum Gasteiger partial charge on any atom is -0.504 e. The number of nitrogens with zero attached hydrogens (tertiary/aromatic N) is 2. The van der Waals surface area contributed by atoms with E-state index in [1.165, 1.54) is 0 Å². The topological polar surface area (TPSA) is 125 Å². The highest BCUT2D eigenvalue weighted by Gasteiger charge is 2.55. The Balaban J connectivity index is 1.33. The van der Waals surface area contributed by atoms with Crippen LogP contribution < -0.4 is 4.74 Å². The predicted molar refractivity (Wildman–Crippen MR) is 136 cm³/mol. The van der Waals surface area contributed by atoms with Crippen LogP contribution in [0.3, 0.4) is 0 Å². The lowest BCUT2D eigenvalue weighted by atomic mass is 9.63. The minimum absolute atomic E-state index is 0.0296. The second-order valence-electron chi connectivity index (χ2n) is 12.3. The lowest BCUT2D eigenvalue weighted by Crippen LogP contribution is -2.56. The number of piperidine rings is 1. The molecule has 3 atom stereocenters. The van der Waals surface area contributed by atoms with Crippen LogP contribution in [0, 0.1) is 11.3 Å². The number of fused-ring (bicyclic) bond motifs is 3. The van der Waals surface area contributed by atoms with Crippen LogP contribution in [-0.2, 0) is 14.9 Å². The quantitative estimate of drug-likeness (QED) is 0.555. The minimum atomic E-state index is -0.879. The number of benzene rings is 1. The zero-order chi connectivity index (χ0) is 26.6. The average Bonchev–Trinajstić information content (AvgIpc) is 3.35. The maximum Gasteiger partial charge on any atom is 0.303 e. The Morgan fingerprint density at radius 1 is 1.24 bits per heavy atom. The van der Waals surface area contributed by atoms with Crippen molar-refractivity contribution in [3.8, 4) is 11.5 Å². The van der Waals surface area contributed by atoms with E-state index >= 15 is 0 Å². The van der Waals surface area contributed by atoms with Crippen LogP contribution in [-0.4, -0.2) is 62.5 Å². The zero-order valence-corrected chi connectivity index (χ0v) is 22.0. The highest BCUT2D eigenvalue weighted by molar-refractivity contribution is 5.92. The second kappa shape index (κ2) is 9.04. The van der Waals surface area contributed by atoms with Gasteiger partial charge in [0.15, 0.2) is 11.5 Å². The molecule has 0 aliphatic carbocycles. The van der Waals surface area contributed by atoms with Crippen molar-refractivity contribution in [2.75, 3.05) is 19.7 Å². The molecule has 9 nitrogen and oxygen atoms in total. The van der Waals surface area contributed by atoms with Crippen LogP contribution in [0.4, 0.5) is 0 Å². The number of carbonyl (C=O) groups is 2. The molecule has 3 aliphatic rings. The van der Waals surface area contributed by atoms with Gasteiger partial charge in [-0.05, 0) is 50.2 Å². The van der Waals surface area contributed by atoms with Crippen molar-refractivity contribution in [1.82, 2.24) is 15.1 Å². The number of para-hydroxylation sites is 1. The summed E-state index contributed by atoms with van der Waals surface area (Å²) < 4.78 is 12.9. The molecule has 0 radical (unpaired) electrons. The molecule has 4 heterocycles. The van der Waals surface area contributed by atoms with Gasteiger partial charge in [0, 0.05) is 42.1 Å². The Kier molecular flexibility index (Phi) is 6.25. The number of phenols is 1. The largest absolute Gasteiger partial charge is 0.504 e. The van der Waals surface area contributed by atoms with Crippen LogP contribution in [0.2, 0.25) is 0 Å². The standard InChI is InChI=1S/C28H37N3O6/c1-26(2,3)21-14-19(29-30-21)25(35)31-12-10-28(11-13-31)15-18-23(36-16-28)17-6-5-7-20(32)24(17)37-27(18,4)9-8-22(33)34/h5-7,14,18,23,32H,8-13,15-16H2,1-4H3,(H,29,30)(H,33,34)/t18-,23+,27+/m1/s1. The molecule has 200 valence electrons. The SMILES string of the molecule is CC(C)(C)c1cc(C(=O)N2CCC3(CC2)CO[C@H]2c4cccc(O)c4O[C@@](C)(CCC(=O)O)[C@@H]2C3)n[nH]1. The van der Waals surface area contributed by atoms with Gasteiger partial charge in [-0.15, -0.1) is 0 Å². The number of aromatic nitrogens is 2. The predicted octanol–water partition coefficient (Wildman–Crippen LogP) is 4.43. The smallest absolute Gasteiger partial charge is 0.303 e. The number of H-pyrrole nitrogens is 1. The van der Waals surface area contributed by atoms with Crippen LogP contribution >= 0.6 is 0 Å². The maximum absolute atomic E-state index is 13.2. The summed E-state index contributed by atoms with van der Waals surface area (Å²) in [6, 6.07) is 7.13. The van der Waals surface area contributed by atoms with E-state index in [0.717, 1.165) is 30.5 Å². The molecule has 1 aromatic heterocycles. The Hall–Kier alpha value is -3.07. The van der Waals surface area contributed by atoms with E-state index in [9.17, 15) is 19.8 Å². The van der Waals surface area contributed by atoms with Crippen molar-refractivity contribution in [2.24, 2.45) is 11.3 Å². The van der Waals surface area contributed by atoms with Gasteiger partial charge in [0.25, 0.3) is 5.91 Å². The second-order valence-corrected chi connectivity index (χ2v) is 12.3. The van der Waals surface area contributed by atoms with Gasteiger partial charge in [-0.1, -0.05) is 32.9 Å². The van der Waals surface area contributed by atoms with Gasteiger partial charge in [0.1, 0.15) is 11.3 Å². The molecule has 0 saturated carbocycles. The lowest BCUT2D eigenvalue weighted by molar-refractivity contribution is -0.181. The van der Waals surface area contributed by atoms with E-state index in [1.807, 2.05) is 24.0 Å². The van der Waals surface area contributed by atoms with Gasteiger partial charge in [-0.3, -0.25) is 14.7 Å². The molecule has 1 amide bonds. The number of hydrogen-bond donors (Lipinski definition) is 3. The van der Waals surface area contributed by atoms with Gasteiger partial charge in [-0.2, -0.15) is 5.10 Å². The Bertz CT molecular complexity index is 1190. The van der Waals surface area contributed by atoms with Gasteiger partial charge in [0.2, 0.25) is 0 Å². The van der Waals surface area contributed by atoms with E-state index < -0.39 is 11.6 Å². The summed E-state index contributed by atoms with van der Waals surface area (Å²) in [6.07, 6.45) is 2.40. The molecule has 2 fully saturated rings. The fourth-order valence-electron chi connectivity index (χ4n) is 6.15. The van der Waals surface area contributed by atoms with E-state index in [2.05, 4.69) is 31.0 Å². The third-order valence-corrected chi connectivity index (χ3v) is 8.59. The van der Waals surface area contributed by atoms with E-state index in [4.69, 9.17) is 9.47 Å². The Morgan fingerprint density at radius 2 is 1.97 bits per heavy atom. The molecule has 2 saturated heterocycles. The van der Waals surface area contributed by atoms with Crippen molar-refractivity contribution in [3.63, 3.8) is 0 Å².